The minimum absolute atomic E-state index is 0.247. The van der Waals surface area contributed by atoms with Crippen molar-refractivity contribution < 1.29 is 8.78 Å². The molecular weight excluding hydrogens is 160 g/mol. The van der Waals surface area contributed by atoms with Crippen LogP contribution < -0.4 is 0 Å². The fraction of sp³-hybridized carbons (Fsp3) is 0. The Morgan fingerprint density at radius 3 is 2.83 bits per heavy atom. The molecule has 3 heteroatoms. The summed E-state index contributed by atoms with van der Waals surface area (Å²) in [7, 11) is 0. The highest BCUT2D eigenvalue weighted by Crippen LogP contribution is 2.14. The van der Waals surface area contributed by atoms with Gasteiger partial charge in [-0.05, 0) is 17.2 Å². The Bertz CT molecular complexity index is 300. The smallest absolute Gasteiger partial charge is 0.254 e. The first-order valence-electron chi connectivity index (χ1n) is 3.24. The van der Waals surface area contributed by atoms with Crippen LogP contribution in [0.25, 0.3) is 5.57 Å². The van der Waals surface area contributed by atoms with Gasteiger partial charge in [-0.1, -0.05) is 12.6 Å². The van der Waals surface area contributed by atoms with Gasteiger partial charge in [-0.15, -0.1) is 0 Å². The van der Waals surface area contributed by atoms with E-state index in [1.807, 2.05) is 0 Å². The second-order valence-electron chi connectivity index (χ2n) is 2.14. The number of hydrogen-bond acceptors (Lipinski definition) is 1. The Morgan fingerprint density at radius 1 is 1.58 bits per heavy atom. The van der Waals surface area contributed by atoms with Gasteiger partial charge in [0.05, 0.1) is 6.20 Å². The van der Waals surface area contributed by atoms with Crippen molar-refractivity contribution in [1.29, 1.82) is 0 Å². The maximum Gasteiger partial charge on any atom is 0.270 e. The van der Waals surface area contributed by atoms with Gasteiger partial charge in [-0.25, -0.2) is 0 Å². The third kappa shape index (κ3) is 2.27. The van der Waals surface area contributed by atoms with E-state index < -0.39 is 6.08 Å². The van der Waals surface area contributed by atoms with Crippen LogP contribution in [-0.4, -0.2) is 4.98 Å². The summed E-state index contributed by atoms with van der Waals surface area (Å²) < 4.78 is 23.5. The first-order chi connectivity index (χ1) is 5.70. The highest BCUT2D eigenvalue weighted by Gasteiger charge is 1.96. The zero-order chi connectivity index (χ0) is 8.97. The molecule has 0 saturated carbocycles. The lowest BCUT2D eigenvalue weighted by atomic mass is 10.1. The normalized spacial score (nSPS) is 9.17. The molecule has 0 spiro atoms. The van der Waals surface area contributed by atoms with Crippen molar-refractivity contribution in [2.45, 2.75) is 0 Å². The molecule has 61 valence electrons. The zero-order valence-corrected chi connectivity index (χ0v) is 6.22. The lowest BCUT2D eigenvalue weighted by Crippen LogP contribution is -1.80. The molecule has 0 saturated heterocycles. The number of nitrogens with zero attached hydrogens (tertiary/aromatic N) is 1. The van der Waals surface area contributed by atoms with Crippen LogP contribution in [0.4, 0.5) is 8.78 Å². The Labute approximate surface area is 69.1 Å². The summed E-state index contributed by atoms with van der Waals surface area (Å²) in [6, 6.07) is 3.17. The molecule has 1 rings (SSSR count). The fourth-order valence-corrected chi connectivity index (χ4v) is 0.725. The summed E-state index contributed by atoms with van der Waals surface area (Å²) in [6.45, 7) is 3.45. The van der Waals surface area contributed by atoms with E-state index in [9.17, 15) is 8.78 Å². The van der Waals surface area contributed by atoms with Crippen LogP contribution >= 0.6 is 0 Å². The lowest BCUT2D eigenvalue weighted by Gasteiger charge is -1.96. The van der Waals surface area contributed by atoms with E-state index in [0.717, 1.165) is 0 Å². The van der Waals surface area contributed by atoms with Crippen molar-refractivity contribution in [2.75, 3.05) is 0 Å². The number of rotatable bonds is 2. The van der Waals surface area contributed by atoms with E-state index in [1.165, 1.54) is 6.20 Å². The molecule has 0 aromatic carbocycles. The van der Waals surface area contributed by atoms with Crippen LogP contribution in [0.3, 0.4) is 0 Å². The highest BCUT2D eigenvalue weighted by molar-refractivity contribution is 5.71. The highest BCUT2D eigenvalue weighted by atomic mass is 19.3. The van der Waals surface area contributed by atoms with Crippen LogP contribution in [0.15, 0.2) is 37.1 Å². The van der Waals surface area contributed by atoms with Crippen LogP contribution in [-0.2, 0) is 0 Å². The quantitative estimate of drug-likeness (QED) is 0.615. The first kappa shape index (κ1) is 8.59. The standard InChI is InChI=1S/C9H6F2N/c1-7(5-9(10)11)8-3-2-4-12-6-8/h2-3,5-6H,1H2. The van der Waals surface area contributed by atoms with Gasteiger partial charge in [0, 0.05) is 12.3 Å². The van der Waals surface area contributed by atoms with E-state index in [2.05, 4.69) is 17.8 Å². The summed E-state index contributed by atoms with van der Waals surface area (Å²) in [5, 5.41) is 0. The molecule has 0 unspecified atom stereocenters. The third-order valence-electron chi connectivity index (χ3n) is 1.27. The van der Waals surface area contributed by atoms with Crippen molar-refractivity contribution in [3.8, 4) is 0 Å². The van der Waals surface area contributed by atoms with Crippen molar-refractivity contribution in [3.05, 3.63) is 48.8 Å². The average Bonchev–Trinajstić information content (AvgIpc) is 2.05. The Hall–Kier alpha value is -1.51. The Morgan fingerprint density at radius 2 is 2.33 bits per heavy atom. The van der Waals surface area contributed by atoms with E-state index in [0.29, 0.717) is 11.6 Å². The van der Waals surface area contributed by atoms with Crippen molar-refractivity contribution in [2.24, 2.45) is 0 Å². The lowest BCUT2D eigenvalue weighted by molar-refractivity contribution is 0.422. The zero-order valence-electron chi connectivity index (χ0n) is 6.22. The van der Waals surface area contributed by atoms with Crippen molar-refractivity contribution in [3.63, 3.8) is 0 Å². The minimum atomic E-state index is -1.76. The van der Waals surface area contributed by atoms with Gasteiger partial charge in [-0.3, -0.25) is 4.98 Å². The van der Waals surface area contributed by atoms with E-state index in [-0.39, 0.29) is 5.57 Å². The Kier molecular flexibility index (Phi) is 2.69. The third-order valence-corrected chi connectivity index (χ3v) is 1.27. The molecule has 0 fully saturated rings. The molecule has 0 aliphatic carbocycles. The number of pyridine rings is 1. The van der Waals surface area contributed by atoms with Crippen LogP contribution in [0, 0.1) is 6.20 Å². The SMILES string of the molecule is C=C(C=C(F)F)c1cc[c]nc1. The topological polar surface area (TPSA) is 12.9 Å². The number of allylic oxidation sites excluding steroid dienone is 2. The monoisotopic (exact) mass is 166 g/mol. The largest absolute Gasteiger partial charge is 0.270 e. The molecule has 1 aromatic heterocycles. The predicted octanol–water partition coefficient (Wildman–Crippen LogP) is 2.68. The van der Waals surface area contributed by atoms with Crippen LogP contribution in [0.2, 0.25) is 0 Å². The number of hydrogen-bond donors (Lipinski definition) is 0. The van der Waals surface area contributed by atoms with Gasteiger partial charge in [0.2, 0.25) is 0 Å². The van der Waals surface area contributed by atoms with E-state index in [1.54, 1.807) is 12.1 Å². The molecule has 1 radical (unpaired) electrons. The molecule has 1 heterocycles. The maximum atomic E-state index is 11.7. The first-order valence-corrected chi connectivity index (χ1v) is 3.24. The van der Waals surface area contributed by atoms with Crippen molar-refractivity contribution in [1.82, 2.24) is 4.98 Å². The molecule has 0 atom stereocenters. The van der Waals surface area contributed by atoms with Gasteiger partial charge in [0.25, 0.3) is 6.08 Å². The number of aromatic nitrogens is 1. The second-order valence-corrected chi connectivity index (χ2v) is 2.14. The van der Waals surface area contributed by atoms with Gasteiger partial charge < -0.3 is 0 Å². The molecule has 0 N–H and O–H groups in total. The summed E-state index contributed by atoms with van der Waals surface area (Å²) >= 11 is 0. The average molecular weight is 166 g/mol. The molecule has 0 aliphatic heterocycles. The molecule has 0 bridgehead atoms. The summed E-state index contributed by atoms with van der Waals surface area (Å²) in [5.74, 6) is 0. The number of halogens is 2. The molecule has 0 aliphatic rings. The molecule has 1 nitrogen and oxygen atoms in total. The second kappa shape index (κ2) is 3.76. The summed E-state index contributed by atoms with van der Waals surface area (Å²) in [4.78, 5) is 3.65. The summed E-state index contributed by atoms with van der Waals surface area (Å²) in [6.07, 6.45) is 2.92. The predicted molar refractivity (Wildman–Crippen MR) is 42.4 cm³/mol. The van der Waals surface area contributed by atoms with Crippen LogP contribution in [0.5, 0.6) is 0 Å². The van der Waals surface area contributed by atoms with E-state index in [4.69, 9.17) is 0 Å². The van der Waals surface area contributed by atoms with Crippen LogP contribution in [0.1, 0.15) is 5.56 Å². The maximum absolute atomic E-state index is 11.7. The van der Waals surface area contributed by atoms with Gasteiger partial charge in [-0.2, -0.15) is 8.78 Å². The van der Waals surface area contributed by atoms with Gasteiger partial charge in [0.1, 0.15) is 0 Å². The molecule has 12 heavy (non-hydrogen) atoms. The van der Waals surface area contributed by atoms with Gasteiger partial charge in [0.15, 0.2) is 0 Å². The molecule has 1 aromatic rings. The molecule has 0 amide bonds. The summed E-state index contributed by atoms with van der Waals surface area (Å²) in [5.41, 5.74) is 0.818. The van der Waals surface area contributed by atoms with Gasteiger partial charge >= 0.3 is 0 Å². The minimum Gasteiger partial charge on any atom is -0.254 e. The van der Waals surface area contributed by atoms with Crippen molar-refractivity contribution >= 4 is 5.57 Å². The Balaban J connectivity index is 2.87. The fourth-order valence-electron chi connectivity index (χ4n) is 0.725. The van der Waals surface area contributed by atoms with E-state index >= 15 is 0 Å². The molecular formula is C9H6F2N.